The van der Waals surface area contributed by atoms with Crippen LogP contribution in [0.2, 0.25) is 0 Å². The summed E-state index contributed by atoms with van der Waals surface area (Å²) in [6.07, 6.45) is -0.656. The summed E-state index contributed by atoms with van der Waals surface area (Å²) in [4.78, 5) is 12.0. The topological polar surface area (TPSA) is 64.3 Å². The molecule has 1 atom stereocenters. The minimum Gasteiger partial charge on any atom is -0.478 e. The van der Waals surface area contributed by atoms with Crippen LogP contribution in [0.25, 0.3) is 0 Å². The van der Waals surface area contributed by atoms with Crippen LogP contribution in [-0.4, -0.2) is 12.0 Å². The van der Waals surface area contributed by atoms with Crippen molar-refractivity contribution in [2.75, 3.05) is 11.1 Å². The summed E-state index contributed by atoms with van der Waals surface area (Å²) in [5.41, 5.74) is 7.05. The van der Waals surface area contributed by atoms with Gasteiger partial charge in [0, 0.05) is 5.69 Å². The molecule has 20 heavy (non-hydrogen) atoms. The van der Waals surface area contributed by atoms with E-state index in [2.05, 4.69) is 21.2 Å². The SMILES string of the molecule is CC(Oc1c(N)cccc1Br)C(=O)Nc1ccccc1. The van der Waals surface area contributed by atoms with Crippen molar-refractivity contribution in [2.24, 2.45) is 0 Å². The van der Waals surface area contributed by atoms with Crippen molar-refractivity contribution in [3.63, 3.8) is 0 Å². The summed E-state index contributed by atoms with van der Waals surface area (Å²) < 4.78 is 6.35. The number of halogens is 1. The number of nitrogens with two attached hydrogens (primary N) is 1. The predicted octanol–water partition coefficient (Wildman–Crippen LogP) is 3.44. The summed E-state index contributed by atoms with van der Waals surface area (Å²) in [5.74, 6) is 0.245. The molecule has 2 rings (SSSR count). The van der Waals surface area contributed by atoms with Crippen molar-refractivity contribution in [2.45, 2.75) is 13.0 Å². The minimum atomic E-state index is -0.656. The van der Waals surface area contributed by atoms with Crippen LogP contribution in [0, 0.1) is 0 Å². The average Bonchev–Trinajstić information content (AvgIpc) is 2.44. The molecule has 0 spiro atoms. The second kappa shape index (κ2) is 6.43. The van der Waals surface area contributed by atoms with E-state index in [1.807, 2.05) is 36.4 Å². The number of carbonyl (C=O) groups is 1. The highest BCUT2D eigenvalue weighted by molar-refractivity contribution is 9.10. The molecule has 1 amide bonds. The largest absolute Gasteiger partial charge is 0.478 e. The zero-order chi connectivity index (χ0) is 14.5. The molecule has 0 aliphatic rings. The first-order chi connectivity index (χ1) is 9.58. The van der Waals surface area contributed by atoms with E-state index in [1.165, 1.54) is 0 Å². The number of ether oxygens (including phenoxy) is 1. The normalized spacial score (nSPS) is 11.7. The van der Waals surface area contributed by atoms with E-state index in [9.17, 15) is 4.79 Å². The van der Waals surface area contributed by atoms with Gasteiger partial charge in [-0.05, 0) is 47.1 Å². The zero-order valence-electron chi connectivity index (χ0n) is 11.0. The molecule has 0 aromatic heterocycles. The van der Waals surface area contributed by atoms with Crippen LogP contribution >= 0.6 is 15.9 Å². The Morgan fingerprint density at radius 2 is 1.90 bits per heavy atom. The first-order valence-corrected chi connectivity index (χ1v) is 6.94. The lowest BCUT2D eigenvalue weighted by molar-refractivity contribution is -0.122. The molecular weight excluding hydrogens is 320 g/mol. The first kappa shape index (κ1) is 14.4. The van der Waals surface area contributed by atoms with Crippen LogP contribution < -0.4 is 15.8 Å². The van der Waals surface area contributed by atoms with Gasteiger partial charge in [-0.15, -0.1) is 0 Å². The van der Waals surface area contributed by atoms with Gasteiger partial charge in [0.2, 0.25) is 0 Å². The van der Waals surface area contributed by atoms with Crippen molar-refractivity contribution in [1.82, 2.24) is 0 Å². The number of amides is 1. The maximum Gasteiger partial charge on any atom is 0.265 e. The van der Waals surface area contributed by atoms with Gasteiger partial charge in [-0.25, -0.2) is 0 Å². The Kier molecular flexibility index (Phi) is 4.63. The van der Waals surface area contributed by atoms with E-state index in [1.54, 1.807) is 19.1 Å². The number of rotatable bonds is 4. The molecule has 104 valence electrons. The molecule has 0 aliphatic heterocycles. The Morgan fingerprint density at radius 3 is 2.55 bits per heavy atom. The highest BCUT2D eigenvalue weighted by Crippen LogP contribution is 2.31. The van der Waals surface area contributed by atoms with Crippen molar-refractivity contribution in [1.29, 1.82) is 0 Å². The lowest BCUT2D eigenvalue weighted by Crippen LogP contribution is -2.30. The number of carbonyl (C=O) groups excluding carboxylic acids is 1. The van der Waals surface area contributed by atoms with Gasteiger partial charge < -0.3 is 15.8 Å². The van der Waals surface area contributed by atoms with Crippen molar-refractivity contribution >= 4 is 33.2 Å². The van der Waals surface area contributed by atoms with Gasteiger partial charge in [-0.2, -0.15) is 0 Å². The average molecular weight is 335 g/mol. The fraction of sp³-hybridized carbons (Fsp3) is 0.133. The Hall–Kier alpha value is -2.01. The van der Waals surface area contributed by atoms with Crippen molar-refractivity contribution < 1.29 is 9.53 Å². The summed E-state index contributed by atoms with van der Waals surface area (Å²) in [5, 5.41) is 2.78. The molecule has 0 heterocycles. The first-order valence-electron chi connectivity index (χ1n) is 6.14. The van der Waals surface area contributed by atoms with Crippen LogP contribution in [0.1, 0.15) is 6.92 Å². The molecule has 0 aliphatic carbocycles. The Labute approximate surface area is 126 Å². The highest BCUT2D eigenvalue weighted by Gasteiger charge is 2.17. The lowest BCUT2D eigenvalue weighted by Gasteiger charge is -2.17. The van der Waals surface area contributed by atoms with Gasteiger partial charge in [-0.3, -0.25) is 4.79 Å². The molecule has 2 aromatic rings. The fourth-order valence-corrected chi connectivity index (χ4v) is 2.12. The maximum atomic E-state index is 12.0. The molecule has 0 saturated heterocycles. The van der Waals surface area contributed by atoms with Crippen molar-refractivity contribution in [3.05, 3.63) is 53.0 Å². The van der Waals surface area contributed by atoms with E-state index in [4.69, 9.17) is 10.5 Å². The van der Waals surface area contributed by atoms with E-state index in [-0.39, 0.29) is 5.91 Å². The number of nitrogens with one attached hydrogen (secondary N) is 1. The Bertz CT molecular complexity index is 582. The predicted molar refractivity (Wildman–Crippen MR) is 83.7 cm³/mol. The van der Waals surface area contributed by atoms with Crippen LogP contribution in [0.5, 0.6) is 5.75 Å². The second-order valence-electron chi connectivity index (χ2n) is 4.27. The molecule has 0 saturated carbocycles. The fourth-order valence-electron chi connectivity index (χ4n) is 1.65. The van der Waals surface area contributed by atoms with Crippen LogP contribution in [-0.2, 0) is 4.79 Å². The summed E-state index contributed by atoms with van der Waals surface area (Å²) in [6, 6.07) is 14.6. The maximum absolute atomic E-state index is 12.0. The molecule has 0 radical (unpaired) electrons. The quantitative estimate of drug-likeness (QED) is 0.842. The molecule has 0 bridgehead atoms. The number of anilines is 2. The summed E-state index contributed by atoms with van der Waals surface area (Å²) >= 11 is 3.35. The second-order valence-corrected chi connectivity index (χ2v) is 5.13. The van der Waals surface area contributed by atoms with Gasteiger partial charge in [0.05, 0.1) is 10.2 Å². The standard InChI is InChI=1S/C15H15BrN2O2/c1-10(15(19)18-11-6-3-2-4-7-11)20-14-12(16)8-5-9-13(14)17/h2-10H,17H2,1H3,(H,18,19). The smallest absolute Gasteiger partial charge is 0.265 e. The molecule has 5 heteroatoms. The minimum absolute atomic E-state index is 0.230. The summed E-state index contributed by atoms with van der Waals surface area (Å²) in [7, 11) is 0. The zero-order valence-corrected chi connectivity index (χ0v) is 12.6. The number of benzene rings is 2. The van der Waals surface area contributed by atoms with Gasteiger partial charge in [0.1, 0.15) is 0 Å². The van der Waals surface area contributed by atoms with E-state index in [0.29, 0.717) is 11.4 Å². The molecule has 3 N–H and O–H groups in total. The Balaban J connectivity index is 2.05. The van der Waals surface area contributed by atoms with E-state index < -0.39 is 6.10 Å². The molecule has 1 unspecified atom stereocenters. The molecule has 4 nitrogen and oxygen atoms in total. The third-order valence-electron chi connectivity index (χ3n) is 2.70. The van der Waals surface area contributed by atoms with Gasteiger partial charge in [0.25, 0.3) is 5.91 Å². The molecular formula is C15H15BrN2O2. The number of hydrogen-bond donors (Lipinski definition) is 2. The lowest BCUT2D eigenvalue weighted by atomic mass is 10.2. The van der Waals surface area contributed by atoms with Gasteiger partial charge in [0.15, 0.2) is 11.9 Å². The van der Waals surface area contributed by atoms with Gasteiger partial charge >= 0.3 is 0 Å². The van der Waals surface area contributed by atoms with Crippen LogP contribution in [0.15, 0.2) is 53.0 Å². The van der Waals surface area contributed by atoms with E-state index >= 15 is 0 Å². The molecule has 2 aromatic carbocycles. The highest BCUT2D eigenvalue weighted by atomic mass is 79.9. The van der Waals surface area contributed by atoms with Crippen molar-refractivity contribution in [3.8, 4) is 5.75 Å². The number of nitrogen functional groups attached to an aromatic ring is 1. The summed E-state index contributed by atoms with van der Waals surface area (Å²) in [6.45, 7) is 1.68. The third kappa shape index (κ3) is 3.51. The van der Waals surface area contributed by atoms with Crippen LogP contribution in [0.3, 0.4) is 0 Å². The van der Waals surface area contributed by atoms with Gasteiger partial charge in [-0.1, -0.05) is 24.3 Å². The Morgan fingerprint density at radius 1 is 1.20 bits per heavy atom. The third-order valence-corrected chi connectivity index (χ3v) is 3.33. The van der Waals surface area contributed by atoms with E-state index in [0.717, 1.165) is 10.2 Å². The number of para-hydroxylation sites is 2. The number of hydrogen-bond acceptors (Lipinski definition) is 3. The molecule has 0 fully saturated rings. The monoisotopic (exact) mass is 334 g/mol. The van der Waals surface area contributed by atoms with Crippen LogP contribution in [0.4, 0.5) is 11.4 Å².